The maximum absolute atomic E-state index is 12.9. The number of nitrogens with zero attached hydrogens (tertiary/aromatic N) is 1. The van der Waals surface area contributed by atoms with E-state index in [2.05, 4.69) is 43.5 Å². The number of phosphoric ester groups is 1. The van der Waals surface area contributed by atoms with Crippen molar-refractivity contribution in [3.05, 3.63) is 36.5 Å². The molecule has 3 N–H and O–H groups in total. The summed E-state index contributed by atoms with van der Waals surface area (Å²) in [6.07, 6.45) is 62.5. The molecule has 9 heteroatoms. The first kappa shape index (κ1) is 64.7. The van der Waals surface area contributed by atoms with Gasteiger partial charge in [-0.05, 0) is 51.4 Å². The van der Waals surface area contributed by atoms with E-state index in [-0.39, 0.29) is 19.1 Å². The predicted molar refractivity (Wildman–Crippen MR) is 286 cm³/mol. The molecule has 0 heterocycles. The lowest BCUT2D eigenvalue weighted by Crippen LogP contribution is -2.45. The van der Waals surface area contributed by atoms with Gasteiger partial charge in [0.15, 0.2) is 0 Å². The van der Waals surface area contributed by atoms with Gasteiger partial charge in [0.25, 0.3) is 0 Å². The standard InChI is InChI=1S/C57H111N2O6P/c1-6-8-10-12-14-16-18-20-22-23-24-25-26-27-28-29-30-31-32-33-34-35-37-38-40-42-44-46-48-50-56(60)55(54-65-66(62,63)64-53-52-59(3,4)5)58-57(61)51-49-47-45-43-41-39-36-21-19-17-15-13-11-9-7-2/h15,17,21,36,48,50,55-56,60H,6-14,16,18-20,22-35,37-47,49,51-54H2,1-5H3,(H-,58,61,62,63)/p+1/b17-15-,36-21-,50-48+. The summed E-state index contributed by atoms with van der Waals surface area (Å²) in [6, 6.07) is -0.854. The molecular weight excluding hydrogens is 840 g/mol. The number of aliphatic hydroxyl groups excluding tert-OH is 1. The van der Waals surface area contributed by atoms with Crippen LogP contribution in [0.5, 0.6) is 0 Å². The zero-order valence-corrected chi connectivity index (χ0v) is 45.3. The van der Waals surface area contributed by atoms with Gasteiger partial charge in [-0.3, -0.25) is 13.8 Å². The minimum atomic E-state index is -4.35. The number of phosphoric acid groups is 1. The Morgan fingerprint density at radius 1 is 0.515 bits per heavy atom. The Morgan fingerprint density at radius 2 is 0.864 bits per heavy atom. The SMILES string of the molecule is CCCCC/C=C\C/C=C\CCCCCCCC(=O)NC(COP(=O)(O)OCC[N+](C)(C)C)C(O)/C=C/CCCCCCCCCCCCCCCCCCCCCCCCCCCCC. The van der Waals surface area contributed by atoms with Crippen LogP contribution in [0.25, 0.3) is 0 Å². The molecule has 8 nitrogen and oxygen atoms in total. The topological polar surface area (TPSA) is 105 Å². The molecule has 0 aromatic heterocycles. The quantitative estimate of drug-likeness (QED) is 0.0243. The number of unbranched alkanes of at least 4 members (excludes halogenated alkanes) is 35. The zero-order chi connectivity index (χ0) is 48.5. The lowest BCUT2D eigenvalue weighted by Gasteiger charge is -2.25. The number of hydrogen-bond acceptors (Lipinski definition) is 5. The van der Waals surface area contributed by atoms with E-state index in [1.807, 2.05) is 27.2 Å². The molecule has 0 spiro atoms. The van der Waals surface area contributed by atoms with Crippen LogP contribution in [0, 0.1) is 0 Å². The summed E-state index contributed by atoms with van der Waals surface area (Å²) in [7, 11) is 1.57. The molecule has 0 rings (SSSR count). The molecule has 0 aliphatic heterocycles. The molecule has 390 valence electrons. The highest BCUT2D eigenvalue weighted by Gasteiger charge is 2.27. The van der Waals surface area contributed by atoms with Crippen LogP contribution in [0.3, 0.4) is 0 Å². The number of nitrogens with one attached hydrogen (secondary N) is 1. The van der Waals surface area contributed by atoms with E-state index < -0.39 is 20.0 Å². The highest BCUT2D eigenvalue weighted by Crippen LogP contribution is 2.43. The second-order valence-corrected chi connectivity index (χ2v) is 22.1. The first-order valence-corrected chi connectivity index (χ1v) is 29.9. The molecule has 1 amide bonds. The van der Waals surface area contributed by atoms with Crippen LogP contribution in [0.4, 0.5) is 0 Å². The van der Waals surface area contributed by atoms with Crippen LogP contribution in [-0.2, 0) is 18.4 Å². The van der Waals surface area contributed by atoms with Gasteiger partial charge in [-0.25, -0.2) is 4.57 Å². The summed E-state index contributed by atoms with van der Waals surface area (Å²) in [6.45, 7) is 4.80. The molecule has 3 unspecified atom stereocenters. The summed E-state index contributed by atoms with van der Waals surface area (Å²) in [5.41, 5.74) is 0. The number of hydrogen-bond donors (Lipinski definition) is 3. The summed E-state index contributed by atoms with van der Waals surface area (Å²) >= 11 is 0. The Hall–Kier alpha value is -1.28. The number of amides is 1. The fraction of sp³-hybridized carbons (Fsp3) is 0.877. The maximum Gasteiger partial charge on any atom is 0.472 e. The van der Waals surface area contributed by atoms with Crippen molar-refractivity contribution in [3.63, 3.8) is 0 Å². The first-order chi connectivity index (χ1) is 32.0. The molecule has 0 saturated heterocycles. The molecule has 0 aliphatic carbocycles. The predicted octanol–water partition coefficient (Wildman–Crippen LogP) is 17.0. The van der Waals surface area contributed by atoms with Crippen molar-refractivity contribution in [2.75, 3.05) is 40.9 Å². The highest BCUT2D eigenvalue weighted by molar-refractivity contribution is 7.47. The van der Waals surface area contributed by atoms with Crippen LogP contribution in [0.1, 0.15) is 271 Å². The average molecular weight is 953 g/mol. The van der Waals surface area contributed by atoms with E-state index in [1.165, 1.54) is 186 Å². The third-order valence-corrected chi connectivity index (χ3v) is 13.8. The summed E-state index contributed by atoms with van der Waals surface area (Å²) in [5, 5.41) is 13.9. The monoisotopic (exact) mass is 952 g/mol. The fourth-order valence-electron chi connectivity index (χ4n) is 8.37. The minimum absolute atomic E-state index is 0.0588. The average Bonchev–Trinajstić information content (AvgIpc) is 3.28. The van der Waals surface area contributed by atoms with E-state index in [0.29, 0.717) is 17.4 Å². The Labute approximate surface area is 410 Å². The van der Waals surface area contributed by atoms with Crippen LogP contribution < -0.4 is 5.32 Å². The van der Waals surface area contributed by atoms with Gasteiger partial charge in [0, 0.05) is 6.42 Å². The number of carbonyl (C=O) groups is 1. The van der Waals surface area contributed by atoms with Crippen molar-refractivity contribution >= 4 is 13.7 Å². The normalized spacial score (nSPS) is 14.2. The van der Waals surface area contributed by atoms with E-state index in [0.717, 1.165) is 64.2 Å². The molecule has 0 fully saturated rings. The van der Waals surface area contributed by atoms with E-state index in [9.17, 15) is 19.4 Å². The number of rotatable bonds is 52. The van der Waals surface area contributed by atoms with Crippen molar-refractivity contribution < 1.29 is 32.9 Å². The van der Waals surface area contributed by atoms with Crippen LogP contribution in [0.2, 0.25) is 0 Å². The number of allylic oxidation sites excluding steroid dienone is 5. The van der Waals surface area contributed by atoms with Gasteiger partial charge in [-0.1, -0.05) is 249 Å². The van der Waals surface area contributed by atoms with Gasteiger partial charge in [0.1, 0.15) is 13.2 Å². The second kappa shape index (κ2) is 48.7. The Morgan fingerprint density at radius 3 is 1.27 bits per heavy atom. The van der Waals surface area contributed by atoms with E-state index in [4.69, 9.17) is 9.05 Å². The third-order valence-electron chi connectivity index (χ3n) is 12.9. The fourth-order valence-corrected chi connectivity index (χ4v) is 9.10. The molecule has 0 bridgehead atoms. The molecule has 0 aromatic rings. The molecular formula is C57H112N2O6P+. The Bertz CT molecular complexity index is 1170. The number of quaternary nitrogens is 1. The summed E-state index contributed by atoms with van der Waals surface area (Å²) in [4.78, 5) is 23.2. The van der Waals surface area contributed by atoms with E-state index in [1.54, 1.807) is 6.08 Å². The Kier molecular flexibility index (Phi) is 47.8. The number of carbonyl (C=O) groups excluding carboxylic acids is 1. The maximum atomic E-state index is 12.9. The van der Waals surface area contributed by atoms with Crippen LogP contribution >= 0.6 is 7.82 Å². The molecule has 66 heavy (non-hydrogen) atoms. The third kappa shape index (κ3) is 50.6. The van der Waals surface area contributed by atoms with Crippen molar-refractivity contribution in [1.29, 1.82) is 0 Å². The Balaban J connectivity index is 4.14. The molecule has 0 aliphatic rings. The van der Waals surface area contributed by atoms with Gasteiger partial charge < -0.3 is 19.8 Å². The van der Waals surface area contributed by atoms with Crippen LogP contribution in [0.15, 0.2) is 36.5 Å². The molecule has 0 aromatic carbocycles. The van der Waals surface area contributed by atoms with E-state index >= 15 is 0 Å². The van der Waals surface area contributed by atoms with Gasteiger partial charge >= 0.3 is 7.82 Å². The van der Waals surface area contributed by atoms with Crippen LogP contribution in [-0.4, -0.2) is 73.4 Å². The van der Waals surface area contributed by atoms with Crippen molar-refractivity contribution in [2.24, 2.45) is 0 Å². The van der Waals surface area contributed by atoms with Crippen molar-refractivity contribution in [2.45, 2.75) is 283 Å². The number of aliphatic hydroxyl groups is 1. The van der Waals surface area contributed by atoms with Gasteiger partial charge in [-0.2, -0.15) is 0 Å². The largest absolute Gasteiger partial charge is 0.472 e. The summed E-state index contributed by atoms with van der Waals surface area (Å²) in [5.74, 6) is -0.189. The van der Waals surface area contributed by atoms with Crippen molar-refractivity contribution in [1.82, 2.24) is 5.32 Å². The first-order valence-electron chi connectivity index (χ1n) is 28.4. The second-order valence-electron chi connectivity index (χ2n) is 20.7. The minimum Gasteiger partial charge on any atom is -0.387 e. The highest BCUT2D eigenvalue weighted by atomic mass is 31.2. The zero-order valence-electron chi connectivity index (χ0n) is 44.4. The van der Waals surface area contributed by atoms with Gasteiger partial charge in [-0.15, -0.1) is 0 Å². The van der Waals surface area contributed by atoms with Crippen molar-refractivity contribution in [3.8, 4) is 0 Å². The smallest absolute Gasteiger partial charge is 0.387 e. The molecule has 0 saturated carbocycles. The summed E-state index contributed by atoms with van der Waals surface area (Å²) < 4.78 is 23.7. The lowest BCUT2D eigenvalue weighted by molar-refractivity contribution is -0.870. The van der Waals surface area contributed by atoms with Gasteiger partial charge in [0.2, 0.25) is 5.91 Å². The lowest BCUT2D eigenvalue weighted by atomic mass is 10.0. The van der Waals surface area contributed by atoms with Gasteiger partial charge in [0.05, 0.1) is 39.9 Å². The number of likely N-dealkylation sites (N-methyl/N-ethyl adjacent to an activating group) is 1. The molecule has 3 atom stereocenters. The molecule has 0 radical (unpaired) electrons.